The van der Waals surface area contributed by atoms with Gasteiger partial charge in [-0.1, -0.05) is 6.07 Å². The van der Waals surface area contributed by atoms with Crippen molar-refractivity contribution in [2.45, 2.75) is 23.7 Å². The Morgan fingerprint density at radius 2 is 2.00 bits per heavy atom. The summed E-state index contributed by atoms with van der Waals surface area (Å²) >= 11 is 1.60. The van der Waals surface area contributed by atoms with Crippen LogP contribution in [0.3, 0.4) is 0 Å². The van der Waals surface area contributed by atoms with E-state index in [0.29, 0.717) is 23.9 Å². The van der Waals surface area contributed by atoms with Crippen LogP contribution in [0.25, 0.3) is 0 Å². The van der Waals surface area contributed by atoms with Gasteiger partial charge in [-0.2, -0.15) is 15.6 Å². The quantitative estimate of drug-likeness (QED) is 0.705. The number of thiophene rings is 1. The van der Waals surface area contributed by atoms with Crippen LogP contribution >= 0.6 is 11.3 Å². The minimum atomic E-state index is -3.49. The molecular weight excluding hydrogens is 380 g/mol. The second kappa shape index (κ2) is 7.46. The zero-order chi connectivity index (χ0) is 18.9. The van der Waals surface area contributed by atoms with Gasteiger partial charge in [-0.05, 0) is 42.5 Å². The highest BCUT2D eigenvalue weighted by Gasteiger charge is 2.30. The van der Waals surface area contributed by atoms with Crippen LogP contribution in [-0.2, 0) is 17.1 Å². The summed E-state index contributed by atoms with van der Waals surface area (Å²) in [4.78, 5) is 4.51. The molecule has 0 aliphatic carbocycles. The van der Waals surface area contributed by atoms with Gasteiger partial charge in [0.25, 0.3) is 0 Å². The molecule has 0 atom stereocenters. The summed E-state index contributed by atoms with van der Waals surface area (Å²) in [5.74, 6) is 0.357. The highest BCUT2D eigenvalue weighted by atomic mass is 32.2. The van der Waals surface area contributed by atoms with Gasteiger partial charge in [-0.25, -0.2) is 13.4 Å². The largest absolute Gasteiger partial charge is 0.355 e. The molecule has 0 spiro atoms. The molecule has 3 heterocycles. The number of rotatable bonds is 5. The van der Waals surface area contributed by atoms with E-state index in [2.05, 4.69) is 10.3 Å². The maximum atomic E-state index is 13.1. The number of benzene rings is 1. The average Bonchev–Trinajstić information content (AvgIpc) is 3.34. The number of imidazole rings is 1. The first kappa shape index (κ1) is 18.2. The molecule has 1 saturated heterocycles. The van der Waals surface area contributed by atoms with Crippen LogP contribution in [0.1, 0.15) is 24.5 Å². The first-order valence-electron chi connectivity index (χ1n) is 8.90. The summed E-state index contributed by atoms with van der Waals surface area (Å²) in [6.07, 6.45) is 5.30. The Kier molecular flexibility index (Phi) is 5.03. The standard InChI is InChI=1S/C19H22N4O2S2/c1-22-14-20-12-19(22)15-5-8-23(9-6-15)27(24,25)18-4-2-3-16(11-18)21-17-7-10-26-13-17/h2-4,7,10-15,21H,5-6,8-9H2,1H3. The predicted octanol–water partition coefficient (Wildman–Crippen LogP) is 3.79. The van der Waals surface area contributed by atoms with Crippen LogP contribution < -0.4 is 5.32 Å². The maximum Gasteiger partial charge on any atom is 0.243 e. The highest BCUT2D eigenvalue weighted by Crippen LogP contribution is 2.31. The lowest BCUT2D eigenvalue weighted by atomic mass is 9.95. The number of hydrogen-bond acceptors (Lipinski definition) is 5. The van der Waals surface area contributed by atoms with E-state index in [1.54, 1.807) is 40.2 Å². The molecule has 1 aliphatic rings. The summed E-state index contributed by atoms with van der Waals surface area (Å²) in [7, 11) is -1.51. The van der Waals surface area contributed by atoms with Gasteiger partial charge >= 0.3 is 0 Å². The topological polar surface area (TPSA) is 67.2 Å². The molecule has 2 aromatic heterocycles. The molecule has 4 rings (SSSR count). The zero-order valence-corrected chi connectivity index (χ0v) is 16.7. The van der Waals surface area contributed by atoms with E-state index in [9.17, 15) is 8.42 Å². The Hall–Kier alpha value is -2.16. The number of sulfonamides is 1. The number of piperidine rings is 1. The SMILES string of the molecule is Cn1cncc1C1CCN(S(=O)(=O)c2cccc(Nc3ccsc3)c2)CC1. The van der Waals surface area contributed by atoms with E-state index in [0.717, 1.165) is 24.2 Å². The van der Waals surface area contributed by atoms with Crippen molar-refractivity contribution in [2.24, 2.45) is 7.05 Å². The summed E-state index contributed by atoms with van der Waals surface area (Å²) in [5, 5.41) is 7.22. The van der Waals surface area contributed by atoms with Crippen molar-refractivity contribution in [1.29, 1.82) is 0 Å². The van der Waals surface area contributed by atoms with E-state index in [-0.39, 0.29) is 0 Å². The highest BCUT2D eigenvalue weighted by molar-refractivity contribution is 7.89. The molecule has 1 fully saturated rings. The molecule has 0 unspecified atom stereocenters. The Morgan fingerprint density at radius 3 is 2.67 bits per heavy atom. The van der Waals surface area contributed by atoms with Crippen molar-refractivity contribution in [3.8, 4) is 0 Å². The molecule has 142 valence electrons. The number of anilines is 2. The molecule has 6 nitrogen and oxygen atoms in total. The lowest BCUT2D eigenvalue weighted by Gasteiger charge is -2.31. The van der Waals surface area contributed by atoms with Crippen molar-refractivity contribution in [1.82, 2.24) is 13.9 Å². The molecule has 1 N–H and O–H groups in total. The molecule has 0 saturated carbocycles. The monoisotopic (exact) mass is 402 g/mol. The maximum absolute atomic E-state index is 13.1. The van der Waals surface area contributed by atoms with Gasteiger partial charge in [-0.15, -0.1) is 0 Å². The van der Waals surface area contributed by atoms with Crippen molar-refractivity contribution < 1.29 is 8.42 Å². The lowest BCUT2D eigenvalue weighted by Crippen LogP contribution is -2.38. The van der Waals surface area contributed by atoms with Crippen molar-refractivity contribution in [3.63, 3.8) is 0 Å². The van der Waals surface area contributed by atoms with Gasteiger partial charge in [0.15, 0.2) is 0 Å². The Bertz CT molecular complexity index is 1000. The number of nitrogens with one attached hydrogen (secondary N) is 1. The van der Waals surface area contributed by atoms with Gasteiger partial charge in [0.1, 0.15) is 0 Å². The van der Waals surface area contributed by atoms with Gasteiger partial charge in [0.2, 0.25) is 10.0 Å². The smallest absolute Gasteiger partial charge is 0.243 e. The Balaban J connectivity index is 1.48. The van der Waals surface area contributed by atoms with Crippen LogP contribution in [0, 0.1) is 0 Å². The van der Waals surface area contributed by atoms with E-state index in [1.807, 2.05) is 40.7 Å². The van der Waals surface area contributed by atoms with Crippen LogP contribution in [0.15, 0.2) is 58.5 Å². The molecule has 8 heteroatoms. The molecule has 0 radical (unpaired) electrons. The number of hydrogen-bond donors (Lipinski definition) is 1. The summed E-state index contributed by atoms with van der Waals surface area (Å²) < 4.78 is 29.8. The number of nitrogens with zero attached hydrogens (tertiary/aromatic N) is 3. The second-order valence-electron chi connectivity index (χ2n) is 6.77. The first-order valence-corrected chi connectivity index (χ1v) is 11.3. The van der Waals surface area contributed by atoms with Gasteiger partial charge in [0.05, 0.1) is 11.2 Å². The van der Waals surface area contributed by atoms with Crippen LogP contribution in [0.5, 0.6) is 0 Å². The van der Waals surface area contributed by atoms with Gasteiger partial charge in [0, 0.05) is 54.7 Å². The average molecular weight is 403 g/mol. The predicted molar refractivity (Wildman–Crippen MR) is 108 cm³/mol. The summed E-state index contributed by atoms with van der Waals surface area (Å²) in [5.41, 5.74) is 2.92. The number of aryl methyl sites for hydroxylation is 1. The van der Waals surface area contributed by atoms with E-state index < -0.39 is 10.0 Å². The van der Waals surface area contributed by atoms with Crippen LogP contribution in [0.4, 0.5) is 11.4 Å². The summed E-state index contributed by atoms with van der Waals surface area (Å²) in [6.45, 7) is 1.06. The molecular formula is C19H22N4O2S2. The molecule has 0 bridgehead atoms. The van der Waals surface area contributed by atoms with Crippen molar-refractivity contribution >= 4 is 32.7 Å². The molecule has 0 amide bonds. The summed E-state index contributed by atoms with van der Waals surface area (Å²) in [6, 6.07) is 9.01. The lowest BCUT2D eigenvalue weighted by molar-refractivity contribution is 0.314. The second-order valence-corrected chi connectivity index (χ2v) is 9.49. The Labute approximate surface area is 163 Å². The molecule has 1 aliphatic heterocycles. The first-order chi connectivity index (χ1) is 13.0. The van der Waals surface area contributed by atoms with Crippen LogP contribution in [0.2, 0.25) is 0 Å². The van der Waals surface area contributed by atoms with Crippen molar-refractivity contribution in [3.05, 3.63) is 59.3 Å². The van der Waals surface area contributed by atoms with E-state index in [4.69, 9.17) is 0 Å². The molecule has 3 aromatic rings. The van der Waals surface area contributed by atoms with Gasteiger partial charge < -0.3 is 9.88 Å². The normalized spacial score (nSPS) is 16.5. The third-order valence-electron chi connectivity index (χ3n) is 5.01. The third kappa shape index (κ3) is 3.78. The minimum absolute atomic E-state index is 0.335. The van der Waals surface area contributed by atoms with Crippen molar-refractivity contribution in [2.75, 3.05) is 18.4 Å². The van der Waals surface area contributed by atoms with E-state index >= 15 is 0 Å². The molecule has 27 heavy (non-hydrogen) atoms. The minimum Gasteiger partial charge on any atom is -0.355 e. The fourth-order valence-corrected chi connectivity index (χ4v) is 5.64. The third-order valence-corrected chi connectivity index (χ3v) is 7.59. The van der Waals surface area contributed by atoms with E-state index in [1.165, 1.54) is 5.69 Å². The van der Waals surface area contributed by atoms with Crippen LogP contribution in [-0.4, -0.2) is 35.4 Å². The number of aromatic nitrogens is 2. The van der Waals surface area contributed by atoms with Gasteiger partial charge in [-0.3, -0.25) is 0 Å². The fraction of sp³-hybridized carbons (Fsp3) is 0.316. The zero-order valence-electron chi connectivity index (χ0n) is 15.1. The molecule has 1 aromatic carbocycles. The Morgan fingerprint density at radius 1 is 1.19 bits per heavy atom. The fourth-order valence-electron chi connectivity index (χ4n) is 3.54.